The fourth-order valence-corrected chi connectivity index (χ4v) is 5.24. The molecule has 1 aromatic carbocycles. The summed E-state index contributed by atoms with van der Waals surface area (Å²) in [5.74, 6) is 3.49. The summed E-state index contributed by atoms with van der Waals surface area (Å²) in [7, 11) is 3.98. The van der Waals surface area contributed by atoms with E-state index in [1.54, 1.807) is 12.1 Å². The lowest BCUT2D eigenvalue weighted by Gasteiger charge is -2.22. The average Bonchev–Trinajstić information content (AvgIpc) is 3.50. The number of benzene rings is 1. The highest BCUT2D eigenvalue weighted by Gasteiger charge is 2.27. The van der Waals surface area contributed by atoms with Gasteiger partial charge in [0.1, 0.15) is 29.8 Å². The van der Waals surface area contributed by atoms with E-state index in [2.05, 4.69) is 21.1 Å². The summed E-state index contributed by atoms with van der Waals surface area (Å²) >= 11 is 6.71. The number of pyridine rings is 1. The van der Waals surface area contributed by atoms with Crippen LogP contribution in [0.15, 0.2) is 35.0 Å². The third kappa shape index (κ3) is 5.48. The van der Waals surface area contributed by atoms with Gasteiger partial charge in [-0.3, -0.25) is 0 Å². The molecule has 1 aliphatic heterocycles. The minimum Gasteiger partial charge on any atom is -0.491 e. The van der Waals surface area contributed by atoms with Crippen LogP contribution in [0.1, 0.15) is 47.9 Å². The van der Waals surface area contributed by atoms with Crippen LogP contribution >= 0.6 is 11.6 Å². The molecule has 0 amide bonds. The Balaban J connectivity index is 1.59. The fourth-order valence-electron chi connectivity index (χ4n) is 5.04. The Bertz CT molecular complexity index is 1520. The van der Waals surface area contributed by atoms with E-state index in [-0.39, 0.29) is 6.61 Å². The van der Waals surface area contributed by atoms with Gasteiger partial charge in [-0.05, 0) is 62.6 Å². The minimum absolute atomic E-state index is 0.203. The number of halogens is 1. The zero-order valence-electron chi connectivity index (χ0n) is 23.8. The normalized spacial score (nSPS) is 13.4. The van der Waals surface area contributed by atoms with Crippen LogP contribution < -0.4 is 14.5 Å². The van der Waals surface area contributed by atoms with E-state index in [1.807, 2.05) is 59.0 Å². The number of rotatable bonds is 9. The first-order valence-electron chi connectivity index (χ1n) is 13.5. The molecule has 0 unspecified atom stereocenters. The Hall–Kier alpha value is -3.69. The molecule has 10 heteroatoms. The summed E-state index contributed by atoms with van der Waals surface area (Å²) in [6, 6.07) is 7.53. The largest absolute Gasteiger partial charge is 0.491 e. The van der Waals surface area contributed by atoms with Gasteiger partial charge in [0, 0.05) is 44.5 Å². The van der Waals surface area contributed by atoms with Gasteiger partial charge >= 0.3 is 0 Å². The first kappa shape index (κ1) is 27.9. The maximum Gasteiger partial charge on any atom is 0.163 e. The standard InChI is InChI=1S/C30H35ClN6O3/c1-7-8-22(38)16-39-23-9-10-25(31)24(12-23)29-33-28(27-18(3)35-40-19(27)4)17(2)30(34-29)37-14-20-11-26(36(5)6)32-13-21(20)15-37/h9-13,22,38H,7-8,14-16H2,1-6H3/t22-/m1/s1. The molecule has 40 heavy (non-hydrogen) atoms. The first-order chi connectivity index (χ1) is 19.2. The van der Waals surface area contributed by atoms with Crippen molar-refractivity contribution in [3.63, 3.8) is 0 Å². The molecule has 1 atom stereocenters. The number of aromatic nitrogens is 4. The lowest BCUT2D eigenvalue weighted by atomic mass is 10.0. The van der Waals surface area contributed by atoms with Crippen molar-refractivity contribution >= 4 is 23.2 Å². The number of aliphatic hydroxyl groups is 1. The summed E-state index contributed by atoms with van der Waals surface area (Å²) in [6.45, 7) is 9.44. The zero-order valence-corrected chi connectivity index (χ0v) is 24.6. The molecule has 0 spiro atoms. The quantitative estimate of drug-likeness (QED) is 0.267. The van der Waals surface area contributed by atoms with Crippen molar-refractivity contribution in [2.75, 3.05) is 30.5 Å². The van der Waals surface area contributed by atoms with Crippen molar-refractivity contribution in [2.24, 2.45) is 0 Å². The zero-order chi connectivity index (χ0) is 28.6. The number of fused-ring (bicyclic) bond motifs is 1. The topological polar surface area (TPSA) is 101 Å². The Labute approximate surface area is 239 Å². The molecule has 4 heterocycles. The number of aryl methyl sites for hydroxylation is 2. The van der Waals surface area contributed by atoms with Crippen LogP contribution in [-0.2, 0) is 13.1 Å². The summed E-state index contributed by atoms with van der Waals surface area (Å²) < 4.78 is 11.4. The van der Waals surface area contributed by atoms with E-state index in [0.29, 0.717) is 47.4 Å². The van der Waals surface area contributed by atoms with Crippen molar-refractivity contribution in [2.45, 2.75) is 59.7 Å². The predicted molar refractivity (Wildman–Crippen MR) is 157 cm³/mol. The second-order valence-electron chi connectivity index (χ2n) is 10.5. The van der Waals surface area contributed by atoms with Gasteiger partial charge in [0.15, 0.2) is 5.82 Å². The van der Waals surface area contributed by atoms with Gasteiger partial charge in [0.2, 0.25) is 0 Å². The molecule has 0 saturated carbocycles. The molecular formula is C30H35ClN6O3. The first-order valence-corrected chi connectivity index (χ1v) is 13.9. The molecule has 1 N–H and O–H groups in total. The minimum atomic E-state index is -0.531. The molecule has 5 rings (SSSR count). The van der Waals surface area contributed by atoms with Gasteiger partial charge in [-0.25, -0.2) is 15.0 Å². The van der Waals surface area contributed by atoms with Crippen molar-refractivity contribution in [1.82, 2.24) is 20.1 Å². The van der Waals surface area contributed by atoms with Crippen molar-refractivity contribution in [1.29, 1.82) is 0 Å². The highest BCUT2D eigenvalue weighted by molar-refractivity contribution is 6.33. The van der Waals surface area contributed by atoms with Crippen LogP contribution in [-0.4, -0.2) is 52.0 Å². The third-order valence-corrected chi connectivity index (χ3v) is 7.51. The van der Waals surface area contributed by atoms with Gasteiger partial charge in [-0.15, -0.1) is 0 Å². The SMILES string of the molecule is CCC[C@@H](O)COc1ccc(Cl)c(-c2nc(-c3c(C)noc3C)c(C)c(N3Cc4cnc(N(C)C)cc4C3)n2)c1. The summed E-state index contributed by atoms with van der Waals surface area (Å²) in [4.78, 5) is 18.9. The van der Waals surface area contributed by atoms with Gasteiger partial charge in [-0.1, -0.05) is 30.1 Å². The maximum atomic E-state index is 10.2. The molecule has 0 aliphatic carbocycles. The van der Waals surface area contributed by atoms with E-state index >= 15 is 0 Å². The fraction of sp³-hybridized carbons (Fsp3) is 0.400. The predicted octanol–water partition coefficient (Wildman–Crippen LogP) is 5.90. The summed E-state index contributed by atoms with van der Waals surface area (Å²) in [5, 5.41) is 14.8. The van der Waals surface area contributed by atoms with E-state index in [9.17, 15) is 5.11 Å². The lowest BCUT2D eigenvalue weighted by Crippen LogP contribution is -2.19. The number of hydrogen-bond donors (Lipinski definition) is 1. The maximum absolute atomic E-state index is 10.2. The number of anilines is 2. The van der Waals surface area contributed by atoms with E-state index in [4.69, 9.17) is 30.8 Å². The summed E-state index contributed by atoms with van der Waals surface area (Å²) in [6.07, 6.45) is 2.97. The highest BCUT2D eigenvalue weighted by Crippen LogP contribution is 2.39. The molecule has 0 fully saturated rings. The average molecular weight is 563 g/mol. The number of aliphatic hydroxyl groups excluding tert-OH is 1. The van der Waals surface area contributed by atoms with Crippen LogP contribution in [0.5, 0.6) is 5.75 Å². The van der Waals surface area contributed by atoms with Crippen molar-refractivity contribution in [3.8, 4) is 28.4 Å². The van der Waals surface area contributed by atoms with Crippen LogP contribution in [0.4, 0.5) is 11.6 Å². The molecule has 1 aliphatic rings. The van der Waals surface area contributed by atoms with Crippen LogP contribution in [0.2, 0.25) is 5.02 Å². The number of hydrogen-bond acceptors (Lipinski definition) is 9. The number of nitrogens with zero attached hydrogens (tertiary/aromatic N) is 6. The third-order valence-electron chi connectivity index (χ3n) is 7.18. The lowest BCUT2D eigenvalue weighted by molar-refractivity contribution is 0.0994. The van der Waals surface area contributed by atoms with Crippen LogP contribution in [0.3, 0.4) is 0 Å². The Morgan fingerprint density at radius 2 is 1.90 bits per heavy atom. The van der Waals surface area contributed by atoms with Crippen LogP contribution in [0.25, 0.3) is 22.6 Å². The molecular weight excluding hydrogens is 528 g/mol. The molecule has 0 saturated heterocycles. The van der Waals surface area contributed by atoms with Crippen molar-refractivity contribution < 1.29 is 14.4 Å². The van der Waals surface area contributed by atoms with Crippen LogP contribution in [0, 0.1) is 20.8 Å². The second kappa shape index (κ2) is 11.4. The Morgan fingerprint density at radius 1 is 1.12 bits per heavy atom. The van der Waals surface area contributed by atoms with Crippen molar-refractivity contribution in [3.05, 3.63) is 63.6 Å². The molecule has 9 nitrogen and oxygen atoms in total. The Kier molecular flexibility index (Phi) is 7.96. The molecule has 3 aromatic heterocycles. The van der Waals surface area contributed by atoms with Gasteiger partial charge in [0.05, 0.1) is 28.1 Å². The molecule has 0 radical (unpaired) electrons. The van der Waals surface area contributed by atoms with Gasteiger partial charge in [-0.2, -0.15) is 0 Å². The number of ether oxygens (including phenoxy) is 1. The summed E-state index contributed by atoms with van der Waals surface area (Å²) in [5.41, 5.74) is 6.32. The van der Waals surface area contributed by atoms with E-state index in [1.165, 1.54) is 11.1 Å². The van der Waals surface area contributed by atoms with Gasteiger partial charge < -0.3 is 24.2 Å². The monoisotopic (exact) mass is 562 g/mol. The molecule has 0 bridgehead atoms. The Morgan fingerprint density at radius 3 is 2.60 bits per heavy atom. The highest BCUT2D eigenvalue weighted by atomic mass is 35.5. The van der Waals surface area contributed by atoms with Gasteiger partial charge in [0.25, 0.3) is 0 Å². The molecule has 210 valence electrons. The van der Waals surface area contributed by atoms with E-state index < -0.39 is 6.10 Å². The second-order valence-corrected chi connectivity index (χ2v) is 10.9. The smallest absolute Gasteiger partial charge is 0.163 e. The van der Waals surface area contributed by atoms with E-state index in [0.717, 1.165) is 40.6 Å². The molecule has 4 aromatic rings.